The molecule has 0 aromatic carbocycles. The van der Waals surface area contributed by atoms with E-state index < -0.39 is 11.2 Å². The molecule has 8 nitrogen and oxygen atoms in total. The normalized spacial score (nSPS) is 25.2. The van der Waals surface area contributed by atoms with Gasteiger partial charge < -0.3 is 11.1 Å². The minimum atomic E-state index is -0.460. The molecule has 2 fully saturated rings. The molecule has 4 rings (SSSR count). The minimum Gasteiger partial charge on any atom is -0.347 e. The van der Waals surface area contributed by atoms with E-state index in [-0.39, 0.29) is 54.1 Å². The molecule has 3 N–H and O–H groups in total. The zero-order valence-electron chi connectivity index (χ0n) is 17.4. The SMILES string of the molecule is Cc1cc(C(=O)NC2C3CCCC2CC(N)C3)nc2c1c(=O)n(C)c(=O)n2C.Cl.Cl. The van der Waals surface area contributed by atoms with Crippen molar-refractivity contribution in [3.05, 3.63) is 38.2 Å². The molecule has 2 aromatic rings. The molecule has 1 amide bonds. The van der Waals surface area contributed by atoms with E-state index in [2.05, 4.69) is 10.3 Å². The molecule has 2 saturated carbocycles. The van der Waals surface area contributed by atoms with Crippen LogP contribution < -0.4 is 22.3 Å². The number of rotatable bonds is 2. The molecular formula is C20H29Cl2N5O3. The molecule has 2 aliphatic carbocycles. The first-order chi connectivity index (χ1) is 13.3. The minimum absolute atomic E-state index is 0. The Labute approximate surface area is 187 Å². The second kappa shape index (κ2) is 9.08. The van der Waals surface area contributed by atoms with Gasteiger partial charge in [-0.2, -0.15) is 0 Å². The summed E-state index contributed by atoms with van der Waals surface area (Å²) in [6, 6.07) is 1.97. The third-order valence-electron chi connectivity index (χ3n) is 6.51. The van der Waals surface area contributed by atoms with Crippen LogP contribution in [0.25, 0.3) is 11.0 Å². The van der Waals surface area contributed by atoms with Crippen LogP contribution in [0.4, 0.5) is 0 Å². The number of nitrogens with one attached hydrogen (secondary N) is 1. The maximum Gasteiger partial charge on any atom is 0.332 e. The number of aromatic nitrogens is 3. The number of nitrogens with two attached hydrogens (primary N) is 1. The highest BCUT2D eigenvalue weighted by Crippen LogP contribution is 2.39. The molecule has 2 aliphatic rings. The molecule has 2 atom stereocenters. The first-order valence-corrected chi connectivity index (χ1v) is 9.91. The molecule has 166 valence electrons. The van der Waals surface area contributed by atoms with Gasteiger partial charge in [0.05, 0.1) is 5.39 Å². The number of pyridine rings is 1. The van der Waals surface area contributed by atoms with Crippen molar-refractivity contribution in [2.75, 3.05) is 0 Å². The predicted molar refractivity (Wildman–Crippen MR) is 121 cm³/mol. The maximum absolute atomic E-state index is 13.0. The second-order valence-electron chi connectivity index (χ2n) is 8.41. The summed E-state index contributed by atoms with van der Waals surface area (Å²) >= 11 is 0. The fourth-order valence-corrected chi connectivity index (χ4v) is 5.10. The Morgan fingerprint density at radius 1 is 1.13 bits per heavy atom. The highest BCUT2D eigenvalue weighted by Gasteiger charge is 2.40. The highest BCUT2D eigenvalue weighted by molar-refractivity contribution is 5.95. The molecule has 0 spiro atoms. The van der Waals surface area contributed by atoms with Gasteiger partial charge >= 0.3 is 5.69 Å². The van der Waals surface area contributed by atoms with E-state index in [0.29, 0.717) is 22.8 Å². The Kier molecular flexibility index (Phi) is 7.37. The van der Waals surface area contributed by atoms with Crippen molar-refractivity contribution in [2.24, 2.45) is 31.7 Å². The van der Waals surface area contributed by atoms with Gasteiger partial charge in [-0.25, -0.2) is 9.78 Å². The highest BCUT2D eigenvalue weighted by atomic mass is 35.5. The van der Waals surface area contributed by atoms with E-state index in [9.17, 15) is 14.4 Å². The quantitative estimate of drug-likeness (QED) is 0.707. The number of halogens is 2. The summed E-state index contributed by atoms with van der Waals surface area (Å²) in [5.41, 5.74) is 6.44. The fraction of sp³-hybridized carbons (Fsp3) is 0.600. The van der Waals surface area contributed by atoms with E-state index in [4.69, 9.17) is 5.73 Å². The molecule has 0 radical (unpaired) electrons. The zero-order valence-corrected chi connectivity index (χ0v) is 19.0. The van der Waals surface area contributed by atoms with Gasteiger partial charge in [0, 0.05) is 26.2 Å². The molecule has 30 heavy (non-hydrogen) atoms. The summed E-state index contributed by atoms with van der Waals surface area (Å²) in [6.07, 6.45) is 5.24. The molecule has 10 heteroatoms. The Morgan fingerprint density at radius 3 is 2.33 bits per heavy atom. The summed E-state index contributed by atoms with van der Waals surface area (Å²) in [4.78, 5) is 42.1. The van der Waals surface area contributed by atoms with E-state index in [1.807, 2.05) is 0 Å². The van der Waals surface area contributed by atoms with E-state index >= 15 is 0 Å². The lowest BCUT2D eigenvalue weighted by Crippen LogP contribution is -2.53. The van der Waals surface area contributed by atoms with Gasteiger partial charge in [-0.15, -0.1) is 24.8 Å². The molecule has 0 aliphatic heterocycles. The first kappa shape index (κ1) is 24.4. The maximum atomic E-state index is 13.0. The summed E-state index contributed by atoms with van der Waals surface area (Å²) < 4.78 is 2.37. The second-order valence-corrected chi connectivity index (χ2v) is 8.41. The average Bonchev–Trinajstić information content (AvgIpc) is 2.64. The molecular weight excluding hydrogens is 429 g/mol. The largest absolute Gasteiger partial charge is 0.347 e. The van der Waals surface area contributed by atoms with Crippen LogP contribution in [0.15, 0.2) is 15.7 Å². The van der Waals surface area contributed by atoms with Crippen LogP contribution in [-0.2, 0) is 14.1 Å². The summed E-state index contributed by atoms with van der Waals surface area (Å²) in [7, 11) is 3.00. The van der Waals surface area contributed by atoms with Crippen molar-refractivity contribution < 1.29 is 4.79 Å². The smallest absolute Gasteiger partial charge is 0.332 e. The fourth-order valence-electron chi connectivity index (χ4n) is 5.10. The van der Waals surface area contributed by atoms with Gasteiger partial charge in [0.25, 0.3) is 11.5 Å². The Morgan fingerprint density at radius 2 is 1.73 bits per heavy atom. The van der Waals surface area contributed by atoms with Crippen LogP contribution in [0.2, 0.25) is 0 Å². The van der Waals surface area contributed by atoms with E-state index in [0.717, 1.165) is 30.3 Å². The van der Waals surface area contributed by atoms with Gasteiger partial charge in [0.1, 0.15) is 11.3 Å². The van der Waals surface area contributed by atoms with Crippen molar-refractivity contribution in [1.82, 2.24) is 19.4 Å². The Hall–Kier alpha value is -1.90. The monoisotopic (exact) mass is 457 g/mol. The third-order valence-corrected chi connectivity index (χ3v) is 6.51. The third kappa shape index (κ3) is 4.00. The van der Waals surface area contributed by atoms with Crippen LogP contribution in [0.5, 0.6) is 0 Å². The van der Waals surface area contributed by atoms with Gasteiger partial charge in [0.15, 0.2) is 0 Å². The number of fused-ring (bicyclic) bond motifs is 3. The van der Waals surface area contributed by atoms with Gasteiger partial charge in [0.2, 0.25) is 0 Å². The number of carbonyl (C=O) groups excluding carboxylic acids is 1. The first-order valence-electron chi connectivity index (χ1n) is 9.91. The van der Waals surface area contributed by atoms with Crippen LogP contribution in [0.1, 0.15) is 48.2 Å². The number of hydrogen-bond acceptors (Lipinski definition) is 5. The standard InChI is InChI=1S/C20H27N5O3.2ClH/c1-10-7-14(22-17-15(10)19(27)25(3)20(28)24(17)2)18(26)23-16-11-5-4-6-12(16)9-13(21)8-11;;/h7,11-13,16H,4-6,8-9,21H2,1-3H3,(H,23,26);2*1H. The lowest BCUT2D eigenvalue weighted by molar-refractivity contribution is 0.0752. The molecule has 2 aromatic heterocycles. The lowest BCUT2D eigenvalue weighted by atomic mass is 9.67. The van der Waals surface area contributed by atoms with Gasteiger partial charge in [-0.3, -0.25) is 18.7 Å². The van der Waals surface area contributed by atoms with Gasteiger partial charge in [-0.05, 0) is 56.1 Å². The van der Waals surface area contributed by atoms with Crippen molar-refractivity contribution in [3.8, 4) is 0 Å². The van der Waals surface area contributed by atoms with Crippen LogP contribution in [0.3, 0.4) is 0 Å². The van der Waals surface area contributed by atoms with Crippen molar-refractivity contribution in [3.63, 3.8) is 0 Å². The number of amides is 1. The Bertz CT molecular complexity index is 1070. The molecule has 2 heterocycles. The molecule has 0 saturated heterocycles. The number of hydrogen-bond donors (Lipinski definition) is 2. The average molecular weight is 458 g/mol. The zero-order chi connectivity index (χ0) is 20.2. The number of aryl methyl sites for hydroxylation is 2. The summed E-state index contributed by atoms with van der Waals surface area (Å²) in [5.74, 6) is 0.560. The van der Waals surface area contributed by atoms with Crippen molar-refractivity contribution in [2.45, 2.75) is 51.1 Å². The predicted octanol–water partition coefficient (Wildman–Crippen LogP) is 1.42. The van der Waals surface area contributed by atoms with Gasteiger partial charge in [-0.1, -0.05) is 6.42 Å². The van der Waals surface area contributed by atoms with Crippen LogP contribution in [-0.4, -0.2) is 32.1 Å². The van der Waals surface area contributed by atoms with Crippen LogP contribution in [0, 0.1) is 18.8 Å². The molecule has 2 bridgehead atoms. The van der Waals surface area contributed by atoms with E-state index in [1.165, 1.54) is 18.0 Å². The number of nitrogens with zero attached hydrogens (tertiary/aromatic N) is 3. The summed E-state index contributed by atoms with van der Waals surface area (Å²) in [5, 5.41) is 3.54. The topological polar surface area (TPSA) is 112 Å². The van der Waals surface area contributed by atoms with Crippen molar-refractivity contribution >= 4 is 41.8 Å². The summed E-state index contributed by atoms with van der Waals surface area (Å²) in [6.45, 7) is 1.76. The Balaban J connectivity index is 0.00000160. The van der Waals surface area contributed by atoms with Crippen molar-refractivity contribution in [1.29, 1.82) is 0 Å². The van der Waals surface area contributed by atoms with Crippen LogP contribution >= 0.6 is 24.8 Å². The van der Waals surface area contributed by atoms with E-state index in [1.54, 1.807) is 20.0 Å². The number of carbonyl (C=O) groups is 1. The molecule has 2 unspecified atom stereocenters. The lowest BCUT2D eigenvalue weighted by Gasteiger charge is -2.45.